The Morgan fingerprint density at radius 2 is 2.05 bits per heavy atom. The maximum atomic E-state index is 11.5. The summed E-state index contributed by atoms with van der Waals surface area (Å²) in [4.78, 5) is 18.2. The Bertz CT molecular complexity index is 673. The van der Waals surface area contributed by atoms with Crippen LogP contribution in [0, 0.1) is 0 Å². The average molecular weight is 303 g/mol. The van der Waals surface area contributed by atoms with Gasteiger partial charge in [-0.1, -0.05) is 12.8 Å². The Morgan fingerprint density at radius 1 is 1.32 bits per heavy atom. The number of nitrogens with zero attached hydrogens (tertiary/aromatic N) is 3. The van der Waals surface area contributed by atoms with Gasteiger partial charge in [-0.3, -0.25) is 9.30 Å². The molecule has 1 aliphatic heterocycles. The second-order valence-electron chi connectivity index (χ2n) is 5.67. The Labute approximate surface area is 129 Å². The van der Waals surface area contributed by atoms with Crippen LogP contribution in [0.4, 0.5) is 0 Å². The zero-order valence-electron chi connectivity index (χ0n) is 12.8. The van der Waals surface area contributed by atoms with E-state index in [9.17, 15) is 9.90 Å². The summed E-state index contributed by atoms with van der Waals surface area (Å²) in [5.74, 6) is 0.270. The molecule has 1 saturated heterocycles. The molecule has 2 aromatic heterocycles. The maximum Gasteiger partial charge on any atom is 0.356 e. The lowest BCUT2D eigenvalue weighted by atomic mass is 10.2. The molecule has 1 N–H and O–H groups in total. The highest BCUT2D eigenvalue weighted by Gasteiger charge is 2.21. The van der Waals surface area contributed by atoms with Gasteiger partial charge in [0, 0.05) is 6.20 Å². The lowest BCUT2D eigenvalue weighted by Gasteiger charge is -2.18. The molecule has 3 heterocycles. The van der Waals surface area contributed by atoms with E-state index in [-0.39, 0.29) is 5.69 Å². The van der Waals surface area contributed by atoms with Gasteiger partial charge >= 0.3 is 5.97 Å². The van der Waals surface area contributed by atoms with Crippen LogP contribution >= 0.6 is 0 Å². The number of pyridine rings is 1. The van der Waals surface area contributed by atoms with Crippen LogP contribution in [0.1, 0.15) is 42.0 Å². The van der Waals surface area contributed by atoms with Crippen molar-refractivity contribution in [3.63, 3.8) is 0 Å². The monoisotopic (exact) mass is 303 g/mol. The van der Waals surface area contributed by atoms with Crippen molar-refractivity contribution in [1.82, 2.24) is 14.3 Å². The van der Waals surface area contributed by atoms with E-state index < -0.39 is 5.97 Å². The topological polar surface area (TPSA) is 67.1 Å². The fraction of sp³-hybridized carbons (Fsp3) is 0.500. The smallest absolute Gasteiger partial charge is 0.356 e. The Balaban J connectivity index is 2.00. The second kappa shape index (κ2) is 6.36. The lowest BCUT2D eigenvalue weighted by Crippen LogP contribution is -2.25. The van der Waals surface area contributed by atoms with Crippen LogP contribution in [0.25, 0.3) is 5.52 Å². The number of likely N-dealkylation sites (tertiary alicyclic amines) is 1. The van der Waals surface area contributed by atoms with Crippen molar-refractivity contribution in [2.75, 3.05) is 20.2 Å². The Morgan fingerprint density at radius 3 is 2.68 bits per heavy atom. The van der Waals surface area contributed by atoms with E-state index in [0.29, 0.717) is 17.8 Å². The average Bonchev–Trinajstić information content (AvgIpc) is 2.70. The van der Waals surface area contributed by atoms with Crippen LogP contribution in [0.3, 0.4) is 0 Å². The first-order chi connectivity index (χ1) is 10.7. The van der Waals surface area contributed by atoms with Gasteiger partial charge in [0.05, 0.1) is 13.7 Å². The zero-order chi connectivity index (χ0) is 15.5. The number of ether oxygens (including phenoxy) is 1. The van der Waals surface area contributed by atoms with Crippen LogP contribution in [0.2, 0.25) is 0 Å². The van der Waals surface area contributed by atoms with Crippen molar-refractivity contribution >= 4 is 11.5 Å². The predicted molar refractivity (Wildman–Crippen MR) is 82.4 cm³/mol. The number of aromatic nitrogens is 2. The maximum absolute atomic E-state index is 11.5. The molecular formula is C16H21N3O3. The molecule has 0 bridgehead atoms. The number of carbonyl (C=O) groups is 1. The first-order valence-corrected chi connectivity index (χ1v) is 7.70. The summed E-state index contributed by atoms with van der Waals surface area (Å²) in [5, 5.41) is 9.42. The number of hydrogen-bond donors (Lipinski definition) is 1. The van der Waals surface area contributed by atoms with E-state index in [1.165, 1.54) is 25.7 Å². The normalized spacial score (nSPS) is 16.6. The Hall–Kier alpha value is -2.08. The fourth-order valence-electron chi connectivity index (χ4n) is 3.09. The van der Waals surface area contributed by atoms with Crippen molar-refractivity contribution in [3.05, 3.63) is 29.8 Å². The van der Waals surface area contributed by atoms with Crippen molar-refractivity contribution in [1.29, 1.82) is 0 Å². The summed E-state index contributed by atoms with van der Waals surface area (Å²) in [5.41, 5.74) is 0.588. The molecule has 1 fully saturated rings. The van der Waals surface area contributed by atoms with Gasteiger partial charge in [0.1, 0.15) is 17.1 Å². The van der Waals surface area contributed by atoms with Crippen LogP contribution < -0.4 is 4.74 Å². The number of hydrogen-bond acceptors (Lipinski definition) is 4. The minimum Gasteiger partial charge on any atom is -0.494 e. The van der Waals surface area contributed by atoms with Gasteiger partial charge in [-0.2, -0.15) is 0 Å². The first kappa shape index (κ1) is 14.8. The van der Waals surface area contributed by atoms with Crippen LogP contribution in [-0.2, 0) is 6.54 Å². The lowest BCUT2D eigenvalue weighted by molar-refractivity contribution is 0.0692. The molecule has 3 rings (SSSR count). The summed E-state index contributed by atoms with van der Waals surface area (Å²) in [7, 11) is 1.54. The molecule has 6 nitrogen and oxygen atoms in total. The minimum atomic E-state index is -1.02. The predicted octanol–water partition coefficient (Wildman–Crippen LogP) is 2.42. The highest BCUT2D eigenvalue weighted by molar-refractivity contribution is 5.95. The zero-order valence-corrected chi connectivity index (χ0v) is 12.8. The standard InChI is InChI=1S/C16H21N3O3/c1-22-12-7-6-10-19-13(17-14(15(12)19)16(20)21)11-18-8-4-2-3-5-9-18/h6-7,10H,2-5,8-9,11H2,1H3,(H,20,21). The summed E-state index contributed by atoms with van der Waals surface area (Å²) < 4.78 is 7.14. The highest BCUT2D eigenvalue weighted by Crippen LogP contribution is 2.25. The molecule has 2 aromatic rings. The molecule has 0 amide bonds. The fourth-order valence-corrected chi connectivity index (χ4v) is 3.09. The van der Waals surface area contributed by atoms with Gasteiger partial charge in [-0.15, -0.1) is 0 Å². The van der Waals surface area contributed by atoms with Gasteiger partial charge in [0.25, 0.3) is 0 Å². The van der Waals surface area contributed by atoms with E-state index in [4.69, 9.17) is 4.74 Å². The van der Waals surface area contributed by atoms with Crippen LogP contribution in [-0.4, -0.2) is 45.6 Å². The van der Waals surface area contributed by atoms with Gasteiger partial charge in [0.2, 0.25) is 0 Å². The van der Waals surface area contributed by atoms with Gasteiger partial charge < -0.3 is 9.84 Å². The Kier molecular flexibility index (Phi) is 4.29. The number of rotatable bonds is 4. The van der Waals surface area contributed by atoms with Crippen molar-refractivity contribution in [2.24, 2.45) is 0 Å². The first-order valence-electron chi connectivity index (χ1n) is 7.70. The number of imidazole rings is 1. The third-order valence-electron chi connectivity index (χ3n) is 4.19. The van der Waals surface area contributed by atoms with Crippen molar-refractivity contribution < 1.29 is 14.6 Å². The molecule has 0 saturated carbocycles. The summed E-state index contributed by atoms with van der Waals surface area (Å²) in [6, 6.07) is 3.62. The number of aromatic carboxylic acids is 1. The van der Waals surface area contributed by atoms with Crippen molar-refractivity contribution in [2.45, 2.75) is 32.2 Å². The molecular weight excluding hydrogens is 282 g/mol. The SMILES string of the molecule is COc1cccn2c(CN3CCCCCC3)nc(C(=O)O)c12. The minimum absolute atomic E-state index is 0.0577. The van der Waals surface area contributed by atoms with Crippen LogP contribution in [0.5, 0.6) is 5.75 Å². The largest absolute Gasteiger partial charge is 0.494 e. The molecule has 22 heavy (non-hydrogen) atoms. The van der Waals surface area contributed by atoms with E-state index in [0.717, 1.165) is 18.9 Å². The number of carboxylic acid groups (broad SMARTS) is 1. The third kappa shape index (κ3) is 2.78. The highest BCUT2D eigenvalue weighted by atomic mass is 16.5. The molecule has 0 unspecified atom stereocenters. The molecule has 0 aromatic carbocycles. The summed E-state index contributed by atoms with van der Waals surface area (Å²) in [6.07, 6.45) is 6.78. The van der Waals surface area contributed by atoms with Gasteiger partial charge in [0.15, 0.2) is 5.69 Å². The van der Waals surface area contributed by atoms with Crippen LogP contribution in [0.15, 0.2) is 18.3 Å². The number of fused-ring (bicyclic) bond motifs is 1. The molecule has 1 aliphatic rings. The summed E-state index contributed by atoms with van der Waals surface area (Å²) >= 11 is 0. The molecule has 118 valence electrons. The molecule has 0 radical (unpaired) electrons. The molecule has 0 spiro atoms. The quantitative estimate of drug-likeness (QED) is 0.939. The van der Waals surface area contributed by atoms with Gasteiger partial charge in [-0.05, 0) is 38.1 Å². The summed E-state index contributed by atoms with van der Waals surface area (Å²) in [6.45, 7) is 2.75. The molecule has 0 atom stereocenters. The molecule has 6 heteroatoms. The second-order valence-corrected chi connectivity index (χ2v) is 5.67. The van der Waals surface area contributed by atoms with Gasteiger partial charge in [-0.25, -0.2) is 9.78 Å². The third-order valence-corrected chi connectivity index (χ3v) is 4.19. The molecule has 0 aliphatic carbocycles. The van der Waals surface area contributed by atoms with E-state index in [1.54, 1.807) is 13.2 Å². The van der Waals surface area contributed by atoms with Crippen molar-refractivity contribution in [3.8, 4) is 5.75 Å². The number of carboxylic acids is 1. The number of methoxy groups -OCH3 is 1. The van der Waals surface area contributed by atoms with E-state index in [2.05, 4.69) is 9.88 Å². The van der Waals surface area contributed by atoms with E-state index >= 15 is 0 Å². The van der Waals surface area contributed by atoms with E-state index in [1.807, 2.05) is 16.7 Å².